The highest BCUT2D eigenvalue weighted by Crippen LogP contribution is 2.38. The van der Waals surface area contributed by atoms with Crippen molar-refractivity contribution in [2.75, 3.05) is 13.2 Å². The average molecular weight is 249 g/mol. The Morgan fingerprint density at radius 2 is 2.33 bits per heavy atom. The lowest BCUT2D eigenvalue weighted by molar-refractivity contribution is -0.186. The third-order valence-electron chi connectivity index (χ3n) is 3.15. The molecule has 0 radical (unpaired) electrons. The van der Waals surface area contributed by atoms with Crippen LogP contribution in [0.5, 0.6) is 0 Å². The molecule has 1 saturated heterocycles. The smallest absolute Gasteiger partial charge is 0.307 e. The van der Waals surface area contributed by atoms with Gasteiger partial charge < -0.3 is 9.47 Å². The molecule has 1 atom stereocenters. The second kappa shape index (κ2) is 7.03. The van der Waals surface area contributed by atoms with E-state index in [0.717, 1.165) is 12.8 Å². The van der Waals surface area contributed by atoms with Crippen LogP contribution in [0.3, 0.4) is 0 Å². The highest BCUT2D eigenvalue weighted by atomic mass is 16.6. The van der Waals surface area contributed by atoms with Gasteiger partial charge in [-0.05, 0) is 12.8 Å². The van der Waals surface area contributed by atoms with Gasteiger partial charge in [0.15, 0.2) is 6.10 Å². The first-order valence-electron chi connectivity index (χ1n) is 6.29. The highest BCUT2D eigenvalue weighted by molar-refractivity contribution is 5.69. The number of rotatable bonds is 7. The van der Waals surface area contributed by atoms with Gasteiger partial charge in [-0.25, -0.2) is 0 Å². The van der Waals surface area contributed by atoms with Crippen LogP contribution in [0.1, 0.15) is 39.0 Å². The zero-order valence-electron chi connectivity index (χ0n) is 10.8. The number of esters is 1. The summed E-state index contributed by atoms with van der Waals surface area (Å²) in [6.07, 6.45) is 7.61. The molecule has 0 aromatic heterocycles. The molecule has 0 aromatic carbocycles. The van der Waals surface area contributed by atoms with E-state index in [1.165, 1.54) is 0 Å². The number of terminal acetylenes is 1. The van der Waals surface area contributed by atoms with Crippen molar-refractivity contribution in [2.24, 2.45) is 5.41 Å². The van der Waals surface area contributed by atoms with Gasteiger partial charge in [0.1, 0.15) is 6.07 Å². The summed E-state index contributed by atoms with van der Waals surface area (Å²) in [4.78, 5) is 11.6. The van der Waals surface area contributed by atoms with Crippen LogP contribution in [0.2, 0.25) is 0 Å². The summed E-state index contributed by atoms with van der Waals surface area (Å²) in [6.45, 7) is 3.04. The molecular formula is C14H19NO3. The van der Waals surface area contributed by atoms with E-state index in [0.29, 0.717) is 26.1 Å². The molecule has 0 N–H and O–H groups in total. The third-order valence-corrected chi connectivity index (χ3v) is 3.15. The normalized spacial score (nSPS) is 17.9. The standard InChI is InChI=1S/C14H19NO3/c1-3-5-6-7-13(16)18-12(9-15)14(8-4-2)10-17-11-14/h1,12H,4-8,10-11H2,2H3. The lowest BCUT2D eigenvalue weighted by Crippen LogP contribution is -2.52. The van der Waals surface area contributed by atoms with Crippen molar-refractivity contribution in [1.29, 1.82) is 5.26 Å². The zero-order valence-corrected chi connectivity index (χ0v) is 10.8. The fraction of sp³-hybridized carbons (Fsp3) is 0.714. The maximum absolute atomic E-state index is 11.6. The lowest BCUT2D eigenvalue weighted by atomic mass is 9.76. The second-order valence-corrected chi connectivity index (χ2v) is 4.66. The molecule has 0 aliphatic carbocycles. The Morgan fingerprint density at radius 1 is 1.61 bits per heavy atom. The third kappa shape index (κ3) is 3.48. The minimum absolute atomic E-state index is 0.269. The topological polar surface area (TPSA) is 59.3 Å². The summed E-state index contributed by atoms with van der Waals surface area (Å²) < 4.78 is 10.4. The maximum atomic E-state index is 11.6. The van der Waals surface area contributed by atoms with Crippen molar-refractivity contribution >= 4 is 5.97 Å². The maximum Gasteiger partial charge on any atom is 0.307 e. The van der Waals surface area contributed by atoms with Crippen molar-refractivity contribution in [3.8, 4) is 18.4 Å². The largest absolute Gasteiger partial charge is 0.446 e. The minimum atomic E-state index is -0.704. The molecule has 0 spiro atoms. The van der Waals surface area contributed by atoms with E-state index in [4.69, 9.17) is 21.2 Å². The number of carbonyl (C=O) groups is 1. The summed E-state index contributed by atoms with van der Waals surface area (Å²) in [5, 5.41) is 9.16. The number of nitriles is 1. The van der Waals surface area contributed by atoms with Gasteiger partial charge in [-0.3, -0.25) is 4.79 Å². The fourth-order valence-corrected chi connectivity index (χ4v) is 2.10. The van der Waals surface area contributed by atoms with Crippen molar-refractivity contribution < 1.29 is 14.3 Å². The van der Waals surface area contributed by atoms with Crippen LogP contribution >= 0.6 is 0 Å². The number of carbonyl (C=O) groups excluding carboxylic acids is 1. The molecule has 1 fully saturated rings. The van der Waals surface area contributed by atoms with Gasteiger partial charge in [-0.15, -0.1) is 12.3 Å². The number of hydrogen-bond donors (Lipinski definition) is 0. The summed E-state index contributed by atoms with van der Waals surface area (Å²) in [7, 11) is 0. The molecule has 0 bridgehead atoms. The Hall–Kier alpha value is -1.52. The van der Waals surface area contributed by atoms with Crippen LogP contribution < -0.4 is 0 Å². The highest BCUT2D eigenvalue weighted by Gasteiger charge is 2.47. The molecule has 1 aliphatic rings. The first-order valence-corrected chi connectivity index (χ1v) is 6.29. The minimum Gasteiger partial charge on any atom is -0.446 e. The Bertz CT molecular complexity index is 360. The van der Waals surface area contributed by atoms with Crippen LogP contribution in [-0.4, -0.2) is 25.3 Å². The Balaban J connectivity index is 2.49. The Labute approximate surface area is 108 Å². The van der Waals surface area contributed by atoms with E-state index in [2.05, 4.69) is 12.0 Å². The first-order chi connectivity index (χ1) is 8.68. The van der Waals surface area contributed by atoms with Crippen molar-refractivity contribution in [3.63, 3.8) is 0 Å². The van der Waals surface area contributed by atoms with Gasteiger partial charge >= 0.3 is 5.97 Å². The van der Waals surface area contributed by atoms with Gasteiger partial charge in [0.25, 0.3) is 0 Å². The van der Waals surface area contributed by atoms with E-state index in [1.54, 1.807) is 0 Å². The molecule has 1 aliphatic heterocycles. The number of hydrogen-bond acceptors (Lipinski definition) is 4. The molecule has 4 nitrogen and oxygen atoms in total. The zero-order chi connectivity index (χ0) is 13.4. The quantitative estimate of drug-likeness (QED) is 0.393. The molecule has 4 heteroatoms. The van der Waals surface area contributed by atoms with Crippen LogP contribution in [0.15, 0.2) is 0 Å². The Morgan fingerprint density at radius 3 is 2.78 bits per heavy atom. The molecule has 1 unspecified atom stereocenters. The average Bonchev–Trinajstić information content (AvgIpc) is 2.31. The lowest BCUT2D eigenvalue weighted by Gasteiger charge is -2.43. The van der Waals surface area contributed by atoms with E-state index in [-0.39, 0.29) is 17.8 Å². The van der Waals surface area contributed by atoms with Crippen LogP contribution in [0, 0.1) is 29.1 Å². The van der Waals surface area contributed by atoms with Gasteiger partial charge in [0, 0.05) is 12.8 Å². The Kier molecular flexibility index (Phi) is 5.68. The van der Waals surface area contributed by atoms with E-state index in [1.807, 2.05) is 6.92 Å². The molecule has 98 valence electrons. The summed E-state index contributed by atoms with van der Waals surface area (Å²) in [5.74, 6) is 2.12. The van der Waals surface area contributed by atoms with Crippen LogP contribution in [0.4, 0.5) is 0 Å². The number of ether oxygens (including phenoxy) is 2. The molecule has 0 amide bonds. The first kappa shape index (κ1) is 14.5. The van der Waals surface area contributed by atoms with Gasteiger partial charge in [0.05, 0.1) is 18.6 Å². The SMILES string of the molecule is C#CCCCC(=O)OC(C#N)C1(CCC)COC1. The van der Waals surface area contributed by atoms with E-state index < -0.39 is 6.10 Å². The fourth-order valence-electron chi connectivity index (χ4n) is 2.10. The van der Waals surface area contributed by atoms with Crippen molar-refractivity contribution in [2.45, 2.75) is 45.1 Å². The van der Waals surface area contributed by atoms with Crippen LogP contribution in [0.25, 0.3) is 0 Å². The van der Waals surface area contributed by atoms with Crippen molar-refractivity contribution in [3.05, 3.63) is 0 Å². The predicted molar refractivity (Wildman–Crippen MR) is 66.3 cm³/mol. The van der Waals surface area contributed by atoms with Gasteiger partial charge in [-0.2, -0.15) is 5.26 Å². The van der Waals surface area contributed by atoms with E-state index >= 15 is 0 Å². The van der Waals surface area contributed by atoms with Gasteiger partial charge in [-0.1, -0.05) is 13.3 Å². The molecular weight excluding hydrogens is 230 g/mol. The summed E-state index contributed by atoms with van der Waals surface area (Å²) in [6, 6.07) is 2.09. The molecule has 18 heavy (non-hydrogen) atoms. The van der Waals surface area contributed by atoms with Crippen molar-refractivity contribution in [1.82, 2.24) is 0 Å². The molecule has 1 heterocycles. The summed E-state index contributed by atoms with van der Waals surface area (Å²) in [5.41, 5.74) is -0.300. The summed E-state index contributed by atoms with van der Waals surface area (Å²) >= 11 is 0. The van der Waals surface area contributed by atoms with Gasteiger partial charge in [0.2, 0.25) is 0 Å². The number of nitrogens with zero attached hydrogens (tertiary/aromatic N) is 1. The van der Waals surface area contributed by atoms with E-state index in [9.17, 15) is 4.79 Å². The molecule has 1 rings (SSSR count). The second-order valence-electron chi connectivity index (χ2n) is 4.66. The monoisotopic (exact) mass is 249 g/mol. The molecule has 0 saturated carbocycles. The van der Waals surface area contributed by atoms with Crippen LogP contribution in [-0.2, 0) is 14.3 Å². The number of unbranched alkanes of at least 4 members (excludes halogenated alkanes) is 1. The predicted octanol–water partition coefficient (Wildman–Crippen LogP) is 2.04. The molecule has 0 aromatic rings.